The van der Waals surface area contributed by atoms with Gasteiger partial charge in [0.05, 0.1) is 12.5 Å². The third kappa shape index (κ3) is 3.70. The Morgan fingerprint density at radius 1 is 1.39 bits per heavy atom. The lowest BCUT2D eigenvalue weighted by Gasteiger charge is -2.29. The maximum absolute atomic E-state index is 11.7. The van der Waals surface area contributed by atoms with Crippen LogP contribution in [0.1, 0.15) is 25.5 Å². The number of carbonyl (C=O) groups is 1. The van der Waals surface area contributed by atoms with Gasteiger partial charge in [-0.05, 0) is 37.6 Å². The predicted molar refractivity (Wildman–Crippen MR) is 81.8 cm³/mol. The number of hydrogen-bond donors (Lipinski definition) is 1. The van der Waals surface area contributed by atoms with Crippen LogP contribution in [0.3, 0.4) is 0 Å². The molecule has 1 aromatic rings. The third-order valence-corrected chi connectivity index (χ3v) is 4.00. The predicted octanol–water partition coefficient (Wildman–Crippen LogP) is 3.83. The van der Waals surface area contributed by atoms with Crippen molar-refractivity contribution in [3.8, 4) is 0 Å². The highest BCUT2D eigenvalue weighted by molar-refractivity contribution is 9.11. The first-order valence-electron chi connectivity index (χ1n) is 5.09. The van der Waals surface area contributed by atoms with E-state index in [4.69, 9.17) is 10.5 Å². The summed E-state index contributed by atoms with van der Waals surface area (Å²) in [4.78, 5) is 11.7. The van der Waals surface area contributed by atoms with E-state index in [1.54, 1.807) is 13.8 Å². The minimum absolute atomic E-state index is 0. The zero-order valence-corrected chi connectivity index (χ0v) is 14.4. The lowest BCUT2D eigenvalue weighted by molar-refractivity contribution is -0.152. The molecule has 2 N–H and O–H groups in total. The van der Waals surface area contributed by atoms with E-state index >= 15 is 0 Å². The molecular weight excluding hydrogens is 385 g/mol. The average molecular weight is 402 g/mol. The van der Waals surface area contributed by atoms with Crippen LogP contribution in [0.25, 0.3) is 0 Å². The van der Waals surface area contributed by atoms with E-state index in [2.05, 4.69) is 31.9 Å². The number of hydrogen-bond acceptors (Lipinski definition) is 3. The molecule has 0 aromatic heterocycles. The molecule has 1 atom stereocenters. The van der Waals surface area contributed by atoms with Gasteiger partial charge in [0.2, 0.25) is 0 Å². The minimum atomic E-state index is -0.780. The largest absolute Gasteiger partial charge is 0.469 e. The summed E-state index contributed by atoms with van der Waals surface area (Å²) in [5.74, 6) is -0.322. The molecule has 3 nitrogen and oxygen atoms in total. The fourth-order valence-electron chi connectivity index (χ4n) is 1.53. The maximum Gasteiger partial charge on any atom is 0.313 e. The van der Waals surface area contributed by atoms with E-state index < -0.39 is 11.5 Å². The summed E-state index contributed by atoms with van der Waals surface area (Å²) in [6.07, 6.45) is 0. The van der Waals surface area contributed by atoms with Gasteiger partial charge in [-0.3, -0.25) is 4.79 Å². The summed E-state index contributed by atoms with van der Waals surface area (Å²) in [5.41, 5.74) is 6.26. The second-order valence-electron chi connectivity index (χ2n) is 4.36. The Morgan fingerprint density at radius 2 is 1.94 bits per heavy atom. The van der Waals surface area contributed by atoms with Gasteiger partial charge < -0.3 is 10.5 Å². The zero-order chi connectivity index (χ0) is 13.2. The fraction of sp³-hybridized carbons (Fsp3) is 0.417. The first kappa shape index (κ1) is 17.9. The van der Waals surface area contributed by atoms with E-state index in [0.29, 0.717) is 0 Å². The van der Waals surface area contributed by atoms with Crippen LogP contribution >= 0.6 is 44.3 Å². The van der Waals surface area contributed by atoms with Crippen molar-refractivity contribution in [2.45, 2.75) is 19.9 Å². The number of carbonyl (C=O) groups excluding carboxylic acids is 1. The Kier molecular flexibility index (Phi) is 6.85. The van der Waals surface area contributed by atoms with Crippen LogP contribution in [-0.2, 0) is 9.53 Å². The summed E-state index contributed by atoms with van der Waals surface area (Å²) in [5, 5.41) is 0. The Balaban J connectivity index is 0.00000289. The van der Waals surface area contributed by atoms with Crippen LogP contribution in [0.4, 0.5) is 0 Å². The molecule has 1 rings (SSSR count). The number of benzene rings is 1. The van der Waals surface area contributed by atoms with Gasteiger partial charge in [0.25, 0.3) is 0 Å². The number of nitrogens with two attached hydrogens (primary N) is 1. The average Bonchev–Trinajstić information content (AvgIpc) is 2.30. The van der Waals surface area contributed by atoms with Crippen molar-refractivity contribution < 1.29 is 9.53 Å². The van der Waals surface area contributed by atoms with Gasteiger partial charge in [-0.15, -0.1) is 12.4 Å². The van der Waals surface area contributed by atoms with Crippen LogP contribution in [-0.4, -0.2) is 13.1 Å². The molecule has 6 heteroatoms. The Bertz CT molecular complexity index is 438. The topological polar surface area (TPSA) is 52.3 Å². The van der Waals surface area contributed by atoms with Crippen LogP contribution in [0.2, 0.25) is 0 Å². The van der Waals surface area contributed by atoms with Crippen molar-refractivity contribution in [1.29, 1.82) is 0 Å². The van der Waals surface area contributed by atoms with E-state index in [1.807, 2.05) is 18.2 Å². The van der Waals surface area contributed by atoms with Crippen molar-refractivity contribution in [3.63, 3.8) is 0 Å². The van der Waals surface area contributed by atoms with Crippen molar-refractivity contribution >= 4 is 50.2 Å². The van der Waals surface area contributed by atoms with Gasteiger partial charge in [-0.1, -0.05) is 31.9 Å². The molecular formula is C12H16Br2ClNO2. The molecule has 0 bridgehead atoms. The van der Waals surface area contributed by atoms with Gasteiger partial charge in [0.15, 0.2) is 0 Å². The smallest absolute Gasteiger partial charge is 0.313 e. The third-order valence-electron chi connectivity index (χ3n) is 2.78. The molecule has 0 aliphatic carbocycles. The fourth-order valence-corrected chi connectivity index (χ4v) is 2.40. The van der Waals surface area contributed by atoms with Gasteiger partial charge >= 0.3 is 5.97 Å². The monoisotopic (exact) mass is 399 g/mol. The zero-order valence-electron chi connectivity index (χ0n) is 10.4. The highest BCUT2D eigenvalue weighted by atomic mass is 79.9. The Hall–Kier alpha value is -0.100. The number of ether oxygens (including phenoxy) is 1. The quantitative estimate of drug-likeness (QED) is 0.783. The second-order valence-corrected chi connectivity index (χ2v) is 6.13. The van der Waals surface area contributed by atoms with Gasteiger partial charge in [-0.25, -0.2) is 0 Å². The summed E-state index contributed by atoms with van der Waals surface area (Å²) in [7, 11) is 1.37. The van der Waals surface area contributed by atoms with Crippen molar-refractivity contribution in [3.05, 3.63) is 32.7 Å². The summed E-state index contributed by atoms with van der Waals surface area (Å²) >= 11 is 6.83. The molecule has 0 aliphatic heterocycles. The van der Waals surface area contributed by atoms with E-state index in [0.717, 1.165) is 14.5 Å². The van der Waals surface area contributed by atoms with Crippen LogP contribution in [0.15, 0.2) is 27.1 Å². The van der Waals surface area contributed by atoms with Crippen molar-refractivity contribution in [2.24, 2.45) is 11.1 Å². The van der Waals surface area contributed by atoms with Gasteiger partial charge in [-0.2, -0.15) is 0 Å². The molecule has 0 aliphatic rings. The molecule has 1 aromatic carbocycles. The molecule has 0 amide bonds. The van der Waals surface area contributed by atoms with Crippen molar-refractivity contribution in [1.82, 2.24) is 0 Å². The molecule has 0 saturated carbocycles. The lowest BCUT2D eigenvalue weighted by Crippen LogP contribution is -2.37. The summed E-state index contributed by atoms with van der Waals surface area (Å²) in [6.45, 7) is 3.55. The molecule has 0 saturated heterocycles. The number of methoxy groups -OCH3 is 1. The first-order valence-corrected chi connectivity index (χ1v) is 6.68. The SMILES string of the molecule is COC(=O)C(C)(C)[C@@H](N)c1cc(Br)ccc1Br.Cl. The van der Waals surface area contributed by atoms with E-state index in [-0.39, 0.29) is 18.4 Å². The number of halogens is 3. The summed E-state index contributed by atoms with van der Waals surface area (Å²) in [6, 6.07) is 5.26. The lowest BCUT2D eigenvalue weighted by atomic mass is 9.81. The number of esters is 1. The molecule has 0 spiro atoms. The van der Waals surface area contributed by atoms with E-state index in [9.17, 15) is 4.79 Å². The van der Waals surface area contributed by atoms with E-state index in [1.165, 1.54) is 7.11 Å². The summed E-state index contributed by atoms with van der Waals surface area (Å²) < 4.78 is 6.58. The Labute approximate surface area is 130 Å². The highest BCUT2D eigenvalue weighted by Gasteiger charge is 2.37. The molecule has 18 heavy (non-hydrogen) atoms. The standard InChI is InChI=1S/C12H15Br2NO2.ClH/c1-12(2,11(16)17-3)10(15)8-6-7(13)4-5-9(8)14;/h4-6,10H,15H2,1-3H3;1H/t10-;/m0./s1. The van der Waals surface area contributed by atoms with Crippen LogP contribution in [0.5, 0.6) is 0 Å². The maximum atomic E-state index is 11.7. The second kappa shape index (κ2) is 6.89. The molecule has 102 valence electrons. The highest BCUT2D eigenvalue weighted by Crippen LogP contribution is 2.37. The molecule has 0 radical (unpaired) electrons. The molecule has 0 fully saturated rings. The van der Waals surface area contributed by atoms with Crippen LogP contribution < -0.4 is 5.73 Å². The minimum Gasteiger partial charge on any atom is -0.469 e. The normalized spacial score (nSPS) is 12.6. The van der Waals surface area contributed by atoms with Gasteiger partial charge in [0, 0.05) is 15.0 Å². The molecule has 0 unspecified atom stereocenters. The van der Waals surface area contributed by atoms with Gasteiger partial charge in [0.1, 0.15) is 0 Å². The number of rotatable bonds is 3. The first-order chi connectivity index (χ1) is 7.80. The van der Waals surface area contributed by atoms with Crippen molar-refractivity contribution in [2.75, 3.05) is 7.11 Å². The Morgan fingerprint density at radius 3 is 2.44 bits per heavy atom. The van der Waals surface area contributed by atoms with Crippen LogP contribution in [0, 0.1) is 5.41 Å². The molecule has 0 heterocycles.